The summed E-state index contributed by atoms with van der Waals surface area (Å²) in [5.74, 6) is -4.23. The molecular weight excluding hydrogens is 380 g/mol. The van der Waals surface area contributed by atoms with E-state index in [1.165, 1.54) is 0 Å². The third-order valence-corrected chi connectivity index (χ3v) is 5.77. The Morgan fingerprint density at radius 1 is 1.17 bits per heavy atom. The van der Waals surface area contributed by atoms with Crippen molar-refractivity contribution >= 4 is 29.0 Å². The number of alkyl halides is 2. The molecule has 2 heterocycles. The van der Waals surface area contributed by atoms with E-state index in [4.69, 9.17) is 0 Å². The molecule has 0 aliphatic heterocycles. The van der Waals surface area contributed by atoms with Gasteiger partial charge >= 0.3 is 0 Å². The molecule has 0 saturated heterocycles. The van der Waals surface area contributed by atoms with Crippen LogP contribution in [0.4, 0.5) is 14.7 Å². The van der Waals surface area contributed by atoms with E-state index in [0.29, 0.717) is 30.9 Å². The minimum absolute atomic E-state index is 0.0424. The Hall–Kier alpha value is -2.84. The Labute approximate surface area is 165 Å². The minimum Gasteiger partial charge on any atom is -0.353 e. The van der Waals surface area contributed by atoms with Crippen LogP contribution in [0.5, 0.6) is 0 Å². The maximum absolute atomic E-state index is 13.0. The van der Waals surface area contributed by atoms with Crippen LogP contribution in [0.25, 0.3) is 11.2 Å². The summed E-state index contributed by atoms with van der Waals surface area (Å²) >= 11 is 0. The van der Waals surface area contributed by atoms with Gasteiger partial charge in [-0.2, -0.15) is 4.98 Å². The molecule has 9 heteroatoms. The highest BCUT2D eigenvalue weighted by atomic mass is 19.3. The van der Waals surface area contributed by atoms with Gasteiger partial charge in [0.15, 0.2) is 5.65 Å². The van der Waals surface area contributed by atoms with Crippen LogP contribution in [-0.4, -0.2) is 38.4 Å². The SMILES string of the molecule is O=C(Nc1nc2cccc(C3=CCC(NC(=O)C4CC4(F)F)CC3)n2n1)C1CC1. The van der Waals surface area contributed by atoms with E-state index in [9.17, 15) is 18.4 Å². The van der Waals surface area contributed by atoms with Crippen molar-refractivity contribution < 1.29 is 18.4 Å². The number of carbonyl (C=O) groups is 2. The average molecular weight is 401 g/mol. The minimum atomic E-state index is -2.84. The Balaban J connectivity index is 1.29. The molecule has 2 amide bonds. The lowest BCUT2D eigenvalue weighted by Crippen LogP contribution is -2.37. The number of halogens is 2. The quantitative estimate of drug-likeness (QED) is 0.806. The summed E-state index contributed by atoms with van der Waals surface area (Å²) < 4.78 is 27.8. The van der Waals surface area contributed by atoms with Gasteiger partial charge < -0.3 is 5.32 Å². The van der Waals surface area contributed by atoms with Crippen molar-refractivity contribution in [2.45, 2.75) is 50.5 Å². The van der Waals surface area contributed by atoms with Crippen molar-refractivity contribution in [3.8, 4) is 0 Å². The van der Waals surface area contributed by atoms with Crippen LogP contribution < -0.4 is 10.6 Å². The van der Waals surface area contributed by atoms with Crippen molar-refractivity contribution in [3.63, 3.8) is 0 Å². The van der Waals surface area contributed by atoms with Gasteiger partial charge in [-0.1, -0.05) is 12.1 Å². The molecule has 7 nitrogen and oxygen atoms in total. The summed E-state index contributed by atoms with van der Waals surface area (Å²) in [6, 6.07) is 5.51. The van der Waals surface area contributed by atoms with Crippen molar-refractivity contribution in [3.05, 3.63) is 30.0 Å². The first-order chi connectivity index (χ1) is 13.9. The maximum Gasteiger partial charge on any atom is 0.260 e. The predicted molar refractivity (Wildman–Crippen MR) is 101 cm³/mol. The van der Waals surface area contributed by atoms with Crippen molar-refractivity contribution in [2.75, 3.05) is 5.32 Å². The van der Waals surface area contributed by atoms with Crippen LogP contribution in [0.2, 0.25) is 0 Å². The fourth-order valence-corrected chi connectivity index (χ4v) is 3.76. The molecule has 152 valence electrons. The molecule has 2 atom stereocenters. The van der Waals surface area contributed by atoms with E-state index >= 15 is 0 Å². The number of hydrogen-bond acceptors (Lipinski definition) is 4. The molecule has 2 aromatic rings. The zero-order valence-corrected chi connectivity index (χ0v) is 15.7. The number of anilines is 1. The molecule has 2 saturated carbocycles. The summed E-state index contributed by atoms with van der Waals surface area (Å²) in [6.45, 7) is 0. The molecule has 3 aliphatic carbocycles. The lowest BCUT2D eigenvalue weighted by atomic mass is 9.93. The van der Waals surface area contributed by atoms with Crippen LogP contribution in [-0.2, 0) is 9.59 Å². The maximum atomic E-state index is 13.0. The lowest BCUT2D eigenvalue weighted by molar-refractivity contribution is -0.125. The number of fused-ring (bicyclic) bond motifs is 1. The molecule has 2 aromatic heterocycles. The second-order valence-corrected chi connectivity index (χ2v) is 8.11. The van der Waals surface area contributed by atoms with Gasteiger partial charge in [0.1, 0.15) is 5.92 Å². The monoisotopic (exact) mass is 401 g/mol. The van der Waals surface area contributed by atoms with Gasteiger partial charge in [-0.05, 0) is 49.8 Å². The highest BCUT2D eigenvalue weighted by Gasteiger charge is 2.61. The zero-order chi connectivity index (χ0) is 20.2. The normalized spacial score (nSPS) is 25.4. The van der Waals surface area contributed by atoms with E-state index < -0.39 is 17.7 Å². The molecule has 29 heavy (non-hydrogen) atoms. The number of rotatable bonds is 5. The molecule has 0 spiro atoms. The van der Waals surface area contributed by atoms with E-state index in [0.717, 1.165) is 24.1 Å². The first-order valence-electron chi connectivity index (χ1n) is 9.95. The fourth-order valence-electron chi connectivity index (χ4n) is 3.76. The molecule has 3 aliphatic rings. The molecule has 5 rings (SSSR count). The van der Waals surface area contributed by atoms with E-state index in [2.05, 4.69) is 20.7 Å². The Morgan fingerprint density at radius 3 is 2.62 bits per heavy atom. The molecule has 2 unspecified atom stereocenters. The molecular formula is C20H21F2N5O2. The van der Waals surface area contributed by atoms with Crippen LogP contribution in [0.15, 0.2) is 24.3 Å². The summed E-state index contributed by atoms with van der Waals surface area (Å²) in [7, 11) is 0. The molecule has 2 fully saturated rings. The molecule has 0 radical (unpaired) electrons. The third kappa shape index (κ3) is 3.61. The number of allylic oxidation sites excluding steroid dienone is 1. The summed E-state index contributed by atoms with van der Waals surface area (Å²) in [5, 5.41) is 9.94. The summed E-state index contributed by atoms with van der Waals surface area (Å²) in [5.41, 5.74) is 2.57. The molecule has 2 N–H and O–H groups in total. The van der Waals surface area contributed by atoms with E-state index in [1.54, 1.807) is 4.52 Å². The second-order valence-electron chi connectivity index (χ2n) is 8.11. The van der Waals surface area contributed by atoms with E-state index in [-0.39, 0.29) is 24.3 Å². The number of hydrogen-bond donors (Lipinski definition) is 2. The fraction of sp³-hybridized carbons (Fsp3) is 0.500. The van der Waals surface area contributed by atoms with Gasteiger partial charge in [0.05, 0.1) is 5.69 Å². The standard InChI is InChI=1S/C20H21F2N5O2/c21-20(22)10-14(20)18(29)23-13-8-6-11(7-9-13)15-2-1-3-16-24-19(26-27(15)16)25-17(28)12-4-5-12/h1-3,6,12-14H,4-5,7-10H2,(H,23,29)(H,25,26,28). The van der Waals surface area contributed by atoms with Crippen LogP contribution in [0.1, 0.15) is 44.2 Å². The third-order valence-electron chi connectivity index (χ3n) is 5.77. The van der Waals surface area contributed by atoms with Gasteiger partial charge in [-0.25, -0.2) is 13.3 Å². The second kappa shape index (κ2) is 6.60. The van der Waals surface area contributed by atoms with Gasteiger partial charge in [0.25, 0.3) is 5.92 Å². The number of carbonyl (C=O) groups excluding carboxylic acids is 2. The molecule has 0 aromatic carbocycles. The highest BCUT2D eigenvalue weighted by Crippen LogP contribution is 2.48. The molecule has 0 bridgehead atoms. The number of nitrogens with one attached hydrogen (secondary N) is 2. The van der Waals surface area contributed by atoms with Gasteiger partial charge in [-0.3, -0.25) is 14.9 Å². The van der Waals surface area contributed by atoms with Crippen LogP contribution in [0.3, 0.4) is 0 Å². The summed E-state index contributed by atoms with van der Waals surface area (Å²) in [6.07, 6.45) is 5.43. The average Bonchev–Trinajstić information content (AvgIpc) is 3.59. The first kappa shape index (κ1) is 18.2. The Bertz CT molecular complexity index is 1030. The van der Waals surface area contributed by atoms with Crippen molar-refractivity contribution in [2.24, 2.45) is 11.8 Å². The highest BCUT2D eigenvalue weighted by molar-refractivity contribution is 5.92. The number of nitrogens with zero attached hydrogens (tertiary/aromatic N) is 3. The Morgan fingerprint density at radius 2 is 1.97 bits per heavy atom. The number of pyridine rings is 1. The van der Waals surface area contributed by atoms with Gasteiger partial charge in [0, 0.05) is 18.4 Å². The van der Waals surface area contributed by atoms with Crippen LogP contribution in [0, 0.1) is 11.8 Å². The van der Waals surface area contributed by atoms with Gasteiger partial charge in [0.2, 0.25) is 17.8 Å². The van der Waals surface area contributed by atoms with Crippen LogP contribution >= 0.6 is 0 Å². The topological polar surface area (TPSA) is 88.4 Å². The first-order valence-corrected chi connectivity index (χ1v) is 9.95. The number of aromatic nitrogens is 3. The Kier molecular flexibility index (Phi) is 4.15. The smallest absolute Gasteiger partial charge is 0.260 e. The van der Waals surface area contributed by atoms with E-state index in [1.807, 2.05) is 24.3 Å². The lowest BCUT2D eigenvalue weighted by Gasteiger charge is -2.23. The zero-order valence-electron chi connectivity index (χ0n) is 15.7. The van der Waals surface area contributed by atoms with Crippen molar-refractivity contribution in [1.29, 1.82) is 0 Å². The number of amides is 2. The van der Waals surface area contributed by atoms with Gasteiger partial charge in [-0.15, -0.1) is 5.10 Å². The van der Waals surface area contributed by atoms with Crippen molar-refractivity contribution in [1.82, 2.24) is 19.9 Å². The predicted octanol–water partition coefficient (Wildman–Crippen LogP) is 2.79. The largest absolute Gasteiger partial charge is 0.353 e. The summed E-state index contributed by atoms with van der Waals surface area (Å²) in [4.78, 5) is 28.2.